The number of amides is 8. The fourth-order valence-corrected chi connectivity index (χ4v) is 12.1. The molecule has 6 atom stereocenters. The molecule has 1 spiro atoms. The lowest BCUT2D eigenvalue weighted by atomic mass is 10.0. The van der Waals surface area contributed by atoms with E-state index in [1.165, 1.54) is 22.6 Å². The summed E-state index contributed by atoms with van der Waals surface area (Å²) in [5, 5.41) is 15.2. The third-order valence-corrected chi connectivity index (χ3v) is 16.1. The minimum atomic E-state index is -1.08. The molecular formula is C52H74N10O11S2. The zero-order chi connectivity index (χ0) is 55.4. The Bertz CT molecular complexity index is 2350. The van der Waals surface area contributed by atoms with Crippen LogP contribution in [0.2, 0.25) is 0 Å². The van der Waals surface area contributed by atoms with E-state index in [0.717, 1.165) is 18.1 Å². The van der Waals surface area contributed by atoms with Gasteiger partial charge < -0.3 is 41.7 Å². The molecule has 3 saturated heterocycles. The average Bonchev–Trinajstić information content (AvgIpc) is 3.81. The molecule has 3 aliphatic rings. The highest BCUT2D eigenvalue weighted by molar-refractivity contribution is 8.18. The molecule has 3 heterocycles. The molecule has 8 amide bonds. The Morgan fingerprint density at radius 3 is 1.40 bits per heavy atom. The molecule has 21 nitrogen and oxygen atoms in total. The number of rotatable bonds is 22. The first kappa shape index (κ1) is 61.4. The maximum absolute atomic E-state index is 13.3. The molecule has 2 aromatic carbocycles. The van der Waals surface area contributed by atoms with Crippen LogP contribution in [-0.4, -0.2) is 192 Å². The smallest absolute Gasteiger partial charge is 0.290 e. The van der Waals surface area contributed by atoms with Gasteiger partial charge in [-0.1, -0.05) is 87.4 Å². The first-order chi connectivity index (χ1) is 35.6. The van der Waals surface area contributed by atoms with E-state index in [1.807, 2.05) is 42.4 Å². The maximum atomic E-state index is 13.3. The van der Waals surface area contributed by atoms with Gasteiger partial charge in [0.25, 0.3) is 11.8 Å². The highest BCUT2D eigenvalue weighted by Gasteiger charge is 2.47. The van der Waals surface area contributed by atoms with Gasteiger partial charge in [0.05, 0.1) is 47.9 Å². The van der Waals surface area contributed by atoms with Crippen molar-refractivity contribution in [3.63, 3.8) is 0 Å². The van der Waals surface area contributed by atoms with E-state index in [4.69, 9.17) is 0 Å². The zero-order valence-electron chi connectivity index (χ0n) is 44.2. The first-order valence-electron chi connectivity index (χ1n) is 25.2. The van der Waals surface area contributed by atoms with E-state index in [0.29, 0.717) is 36.8 Å². The van der Waals surface area contributed by atoms with Gasteiger partial charge in [-0.3, -0.25) is 62.5 Å². The zero-order valence-corrected chi connectivity index (χ0v) is 45.9. The molecule has 0 aromatic heterocycles. The number of benzene rings is 2. The van der Waals surface area contributed by atoms with Crippen molar-refractivity contribution in [1.82, 2.24) is 51.5 Å². The van der Waals surface area contributed by atoms with Crippen molar-refractivity contribution in [2.75, 3.05) is 80.0 Å². The van der Waals surface area contributed by atoms with Crippen molar-refractivity contribution >= 4 is 88.1 Å². The van der Waals surface area contributed by atoms with E-state index < -0.39 is 84.4 Å². The molecule has 0 saturated carbocycles. The SMILES string of the molecule is CCCC(NC(=O)[C@@H]1CC(=O)CN1C)C(=O)C(=O)NCC(=O)N[C@H](C(=O)N(C)C)c1ccccc1.CCCC(NC(=O)[C@@H]1CC2(CN1C)SCCCCS2)C(=O)C(=O)NCC(=O)N[C@H](C(=O)N(C)C)c1ccccc1. The minimum absolute atomic E-state index is 0.0200. The lowest BCUT2D eigenvalue weighted by Crippen LogP contribution is -2.52. The standard InChI is InChI=1S/C28H41N5O5S2.C24H33N5O6/c1-5-11-20(30-25(36)21-16-28(18-33(21)4)39-14-9-10-15-40-28)24(35)26(37)29-17-22(34)31-23(27(38)32(2)3)19-12-7-6-8-13-19;1-5-9-17(26-22(33)18-12-16(30)14-29(18)4)21(32)23(34)25-13-19(31)27-20(24(35)28(2)3)15-10-7-6-8-11-15/h6-8,12-13,20-21,23H,5,9-11,14-18H2,1-4H3,(H,29,37)(H,30,36)(H,31,34);6-8,10-11,17-18,20H,5,9,12-14H2,1-4H3,(H,25,34)(H,26,33)(H,27,31)/t20?,21-,23-;17?,18-,20-/m00/s1. The summed E-state index contributed by atoms with van der Waals surface area (Å²) in [6, 6.07) is 12.4. The molecule has 6 N–H and O–H groups in total. The van der Waals surface area contributed by atoms with Gasteiger partial charge in [-0.15, -0.1) is 23.5 Å². The molecule has 0 bridgehead atoms. The molecule has 410 valence electrons. The van der Waals surface area contributed by atoms with Crippen LogP contribution in [0.5, 0.6) is 0 Å². The van der Waals surface area contributed by atoms with Crippen LogP contribution in [0.3, 0.4) is 0 Å². The first-order valence-corrected chi connectivity index (χ1v) is 27.1. The van der Waals surface area contributed by atoms with Gasteiger partial charge >= 0.3 is 0 Å². The van der Waals surface area contributed by atoms with Gasteiger partial charge in [-0.05, 0) is 68.8 Å². The third-order valence-electron chi connectivity index (χ3n) is 12.7. The quantitative estimate of drug-likeness (QED) is 0.0888. The summed E-state index contributed by atoms with van der Waals surface area (Å²) in [4.78, 5) is 145. The Kier molecular flexibility index (Phi) is 24.4. The van der Waals surface area contributed by atoms with Crippen LogP contribution < -0.4 is 31.9 Å². The molecule has 0 aliphatic carbocycles. The van der Waals surface area contributed by atoms with Gasteiger partial charge in [0.15, 0.2) is 0 Å². The van der Waals surface area contributed by atoms with Crippen molar-refractivity contribution in [2.24, 2.45) is 0 Å². The fraction of sp³-hybridized carbons (Fsp3) is 0.558. The number of carbonyl (C=O) groups excluding carboxylic acids is 11. The maximum Gasteiger partial charge on any atom is 0.290 e. The molecule has 3 fully saturated rings. The van der Waals surface area contributed by atoms with E-state index in [2.05, 4.69) is 31.9 Å². The molecular weight excluding hydrogens is 1000 g/mol. The number of carbonyl (C=O) groups is 11. The fourth-order valence-electron chi connectivity index (χ4n) is 8.66. The molecule has 0 radical (unpaired) electrons. The highest BCUT2D eigenvalue weighted by atomic mass is 32.2. The van der Waals surface area contributed by atoms with E-state index in [1.54, 1.807) is 108 Å². The number of nitrogens with zero attached hydrogens (tertiary/aromatic N) is 4. The second-order valence-electron chi connectivity index (χ2n) is 19.2. The second kappa shape index (κ2) is 29.8. The van der Waals surface area contributed by atoms with Crippen LogP contribution in [0.4, 0.5) is 0 Å². The molecule has 5 rings (SSSR count). The van der Waals surface area contributed by atoms with E-state index >= 15 is 0 Å². The lowest BCUT2D eigenvalue weighted by Gasteiger charge is -2.25. The van der Waals surface area contributed by atoms with Gasteiger partial charge in [0.2, 0.25) is 47.0 Å². The Hall–Kier alpha value is -6.17. The summed E-state index contributed by atoms with van der Waals surface area (Å²) >= 11 is 3.85. The van der Waals surface area contributed by atoms with Gasteiger partial charge in [0.1, 0.15) is 17.9 Å². The number of likely N-dealkylation sites (tertiary alicyclic amines) is 2. The van der Waals surface area contributed by atoms with Gasteiger partial charge in [-0.25, -0.2) is 0 Å². The van der Waals surface area contributed by atoms with Crippen molar-refractivity contribution in [3.8, 4) is 0 Å². The van der Waals surface area contributed by atoms with Gasteiger partial charge in [-0.2, -0.15) is 0 Å². The van der Waals surface area contributed by atoms with Crippen molar-refractivity contribution < 1.29 is 52.7 Å². The Balaban J connectivity index is 0.000000328. The summed E-state index contributed by atoms with van der Waals surface area (Å²) in [5.74, 6) is -4.26. The number of nitrogens with one attached hydrogen (secondary N) is 6. The summed E-state index contributed by atoms with van der Waals surface area (Å²) < 4.78 is -0.0200. The van der Waals surface area contributed by atoms with Gasteiger partial charge in [0, 0.05) is 41.2 Å². The molecule has 23 heteroatoms. The van der Waals surface area contributed by atoms with Crippen molar-refractivity contribution in [2.45, 2.75) is 106 Å². The van der Waals surface area contributed by atoms with Crippen LogP contribution in [0, 0.1) is 0 Å². The topological polar surface area (TPSA) is 273 Å². The average molecular weight is 1080 g/mol. The van der Waals surface area contributed by atoms with Crippen LogP contribution in [0.25, 0.3) is 0 Å². The molecule has 3 aliphatic heterocycles. The summed E-state index contributed by atoms with van der Waals surface area (Å²) in [6.07, 6.45) is 4.75. The number of likely N-dealkylation sites (N-methyl/N-ethyl adjacent to an activating group) is 4. The van der Waals surface area contributed by atoms with E-state index in [9.17, 15) is 52.7 Å². The van der Waals surface area contributed by atoms with Crippen LogP contribution in [0.15, 0.2) is 60.7 Å². The molecule has 2 aromatic rings. The third kappa shape index (κ3) is 18.3. The lowest BCUT2D eigenvalue weighted by molar-refractivity contribution is -0.141. The second-order valence-corrected chi connectivity index (χ2v) is 22.4. The van der Waals surface area contributed by atoms with Crippen LogP contribution in [0.1, 0.15) is 88.4 Å². The predicted molar refractivity (Wildman–Crippen MR) is 286 cm³/mol. The molecule has 2 unspecified atom stereocenters. The highest BCUT2D eigenvalue weighted by Crippen LogP contribution is 2.49. The normalized spacial score (nSPS) is 18.8. The Morgan fingerprint density at radius 1 is 0.613 bits per heavy atom. The van der Waals surface area contributed by atoms with E-state index in [-0.39, 0.29) is 53.0 Å². The Labute approximate surface area is 447 Å². The summed E-state index contributed by atoms with van der Waals surface area (Å²) in [5.41, 5.74) is 1.17. The predicted octanol–water partition coefficient (Wildman–Crippen LogP) is 0.738. The number of Topliss-reactive ketones (excluding diaryl/α,β-unsaturated/α-hetero) is 3. The number of hydrogen-bond donors (Lipinski definition) is 6. The summed E-state index contributed by atoms with van der Waals surface area (Å²) in [7, 11) is 9.87. The van der Waals surface area contributed by atoms with Crippen LogP contribution in [-0.2, 0) is 52.7 Å². The number of hydrogen-bond acceptors (Lipinski definition) is 15. The van der Waals surface area contributed by atoms with Crippen molar-refractivity contribution in [3.05, 3.63) is 71.8 Å². The monoisotopic (exact) mass is 1080 g/mol. The largest absolute Gasteiger partial charge is 0.347 e. The molecule has 75 heavy (non-hydrogen) atoms. The minimum Gasteiger partial charge on any atom is -0.347 e. The van der Waals surface area contributed by atoms with Crippen LogP contribution >= 0.6 is 23.5 Å². The Morgan fingerprint density at radius 2 is 1.03 bits per heavy atom. The summed E-state index contributed by atoms with van der Waals surface area (Å²) in [6.45, 7) is 3.61. The number of ketones is 3. The van der Waals surface area contributed by atoms with Crippen molar-refractivity contribution in [1.29, 1.82) is 0 Å². The number of thioether (sulfide) groups is 2.